The van der Waals surface area contributed by atoms with E-state index in [0.29, 0.717) is 28.9 Å². The van der Waals surface area contributed by atoms with Crippen LogP contribution in [0.25, 0.3) is 11.5 Å². The van der Waals surface area contributed by atoms with Gasteiger partial charge in [-0.25, -0.2) is 4.39 Å². The van der Waals surface area contributed by atoms with Crippen molar-refractivity contribution in [2.75, 3.05) is 6.54 Å². The molecular weight excluding hydrogens is 401 g/mol. The van der Waals surface area contributed by atoms with Crippen LogP contribution in [0.15, 0.2) is 77.2 Å². The van der Waals surface area contributed by atoms with Crippen LogP contribution >= 0.6 is 11.6 Å². The third kappa shape index (κ3) is 4.75. The van der Waals surface area contributed by atoms with Crippen LogP contribution in [0, 0.1) is 12.7 Å². The number of nitrogens with zero attached hydrogens (tertiary/aromatic N) is 2. The molecule has 0 saturated heterocycles. The summed E-state index contributed by atoms with van der Waals surface area (Å²) in [6.07, 6.45) is 0.837. The fourth-order valence-electron chi connectivity index (χ4n) is 3.21. The van der Waals surface area contributed by atoms with Gasteiger partial charge in [-0.05, 0) is 48.7 Å². The number of nitrogens with one attached hydrogen (secondary N) is 1. The van der Waals surface area contributed by atoms with E-state index in [-0.39, 0.29) is 11.9 Å². The molecule has 0 unspecified atom stereocenters. The van der Waals surface area contributed by atoms with Gasteiger partial charge in [0.1, 0.15) is 11.9 Å². The van der Waals surface area contributed by atoms with Crippen molar-refractivity contribution in [3.05, 3.63) is 106 Å². The quantitative estimate of drug-likeness (QED) is 0.412. The monoisotopic (exact) mass is 421 g/mol. The molecule has 152 valence electrons. The zero-order valence-electron chi connectivity index (χ0n) is 16.5. The van der Waals surface area contributed by atoms with Crippen molar-refractivity contribution < 1.29 is 8.81 Å². The van der Waals surface area contributed by atoms with E-state index < -0.39 is 0 Å². The maximum atomic E-state index is 13.4. The molecule has 0 aliphatic carbocycles. The summed E-state index contributed by atoms with van der Waals surface area (Å²) in [4.78, 5) is 0. The highest BCUT2D eigenvalue weighted by Gasteiger charge is 2.21. The average Bonchev–Trinajstić information content (AvgIpc) is 3.23. The summed E-state index contributed by atoms with van der Waals surface area (Å²) in [6.45, 7) is 2.76. The summed E-state index contributed by atoms with van der Waals surface area (Å²) in [5.74, 6) is 0.461. The van der Waals surface area contributed by atoms with Crippen molar-refractivity contribution in [2.45, 2.75) is 19.4 Å². The van der Waals surface area contributed by atoms with Gasteiger partial charge < -0.3 is 9.73 Å². The Morgan fingerprint density at radius 1 is 0.967 bits per heavy atom. The van der Waals surface area contributed by atoms with E-state index in [2.05, 4.69) is 46.7 Å². The molecule has 4 nitrogen and oxygen atoms in total. The highest BCUT2D eigenvalue weighted by Crippen LogP contribution is 2.29. The first kappa shape index (κ1) is 20.3. The molecule has 0 bridgehead atoms. The molecule has 4 rings (SSSR count). The predicted molar refractivity (Wildman–Crippen MR) is 116 cm³/mol. The molecule has 0 aliphatic heterocycles. The molecule has 3 aromatic carbocycles. The van der Waals surface area contributed by atoms with Gasteiger partial charge >= 0.3 is 0 Å². The number of halogens is 2. The van der Waals surface area contributed by atoms with Crippen LogP contribution in [-0.2, 0) is 6.42 Å². The lowest BCUT2D eigenvalue weighted by atomic mass is 10.1. The fraction of sp³-hybridized carbons (Fsp3) is 0.167. The number of aromatic nitrogens is 2. The molecule has 0 amide bonds. The normalized spacial score (nSPS) is 12.1. The number of hydrogen-bond donors (Lipinski definition) is 1. The fourth-order valence-corrected chi connectivity index (χ4v) is 3.43. The summed E-state index contributed by atoms with van der Waals surface area (Å²) in [6, 6.07) is 21.7. The van der Waals surface area contributed by atoms with Gasteiger partial charge in [-0.1, -0.05) is 65.7 Å². The largest absolute Gasteiger partial charge is 0.419 e. The van der Waals surface area contributed by atoms with Gasteiger partial charge in [0.2, 0.25) is 11.8 Å². The van der Waals surface area contributed by atoms with E-state index in [0.717, 1.165) is 12.0 Å². The Hall–Kier alpha value is -3.02. The van der Waals surface area contributed by atoms with Crippen LogP contribution in [0.3, 0.4) is 0 Å². The number of hydrogen-bond acceptors (Lipinski definition) is 4. The molecule has 0 fully saturated rings. The van der Waals surface area contributed by atoms with Crippen LogP contribution < -0.4 is 5.32 Å². The van der Waals surface area contributed by atoms with Gasteiger partial charge in [-0.2, -0.15) is 0 Å². The molecule has 0 saturated carbocycles. The first-order chi connectivity index (χ1) is 14.6. The van der Waals surface area contributed by atoms with Crippen molar-refractivity contribution in [1.82, 2.24) is 15.5 Å². The molecule has 1 N–H and O–H groups in total. The summed E-state index contributed by atoms with van der Waals surface area (Å²) in [7, 11) is 0. The van der Waals surface area contributed by atoms with E-state index in [1.54, 1.807) is 18.2 Å². The van der Waals surface area contributed by atoms with Gasteiger partial charge in [0.15, 0.2) is 0 Å². The molecule has 0 radical (unpaired) electrons. The van der Waals surface area contributed by atoms with Crippen LogP contribution in [0.1, 0.15) is 28.6 Å². The number of benzene rings is 3. The minimum Gasteiger partial charge on any atom is -0.419 e. The van der Waals surface area contributed by atoms with Crippen LogP contribution in [0.4, 0.5) is 4.39 Å². The molecular formula is C24H21ClFN3O. The van der Waals surface area contributed by atoms with Crippen LogP contribution in [0.5, 0.6) is 0 Å². The van der Waals surface area contributed by atoms with Crippen molar-refractivity contribution in [3.8, 4) is 11.5 Å². The molecule has 4 aromatic rings. The van der Waals surface area contributed by atoms with E-state index in [1.807, 2.05) is 18.2 Å². The second-order valence-corrected chi connectivity index (χ2v) is 7.51. The second-order valence-electron chi connectivity index (χ2n) is 7.10. The predicted octanol–water partition coefficient (Wildman–Crippen LogP) is 5.76. The molecule has 30 heavy (non-hydrogen) atoms. The SMILES string of the molecule is Cc1ccc(CCN[C@H](c2ccc(F)cc2)c2nnc(-c3ccccc3Cl)o2)cc1. The van der Waals surface area contributed by atoms with Gasteiger partial charge in [-0.3, -0.25) is 0 Å². The number of aryl methyl sites for hydroxylation is 1. The summed E-state index contributed by atoms with van der Waals surface area (Å²) in [5, 5.41) is 12.4. The zero-order chi connectivity index (χ0) is 20.9. The van der Waals surface area contributed by atoms with Crippen LogP contribution in [-0.4, -0.2) is 16.7 Å². The highest BCUT2D eigenvalue weighted by molar-refractivity contribution is 6.33. The topological polar surface area (TPSA) is 51.0 Å². The lowest BCUT2D eigenvalue weighted by molar-refractivity contribution is 0.440. The Bertz CT molecular complexity index is 1110. The van der Waals surface area contributed by atoms with E-state index in [1.165, 1.54) is 23.3 Å². The van der Waals surface area contributed by atoms with E-state index in [9.17, 15) is 4.39 Å². The summed E-state index contributed by atoms with van der Waals surface area (Å²) >= 11 is 6.26. The smallest absolute Gasteiger partial charge is 0.249 e. The van der Waals surface area contributed by atoms with E-state index in [4.69, 9.17) is 16.0 Å². The minimum atomic E-state index is -0.361. The Labute approximate surface area is 179 Å². The Kier molecular flexibility index (Phi) is 6.21. The molecule has 1 atom stereocenters. The van der Waals surface area contributed by atoms with Gasteiger partial charge in [0.05, 0.1) is 10.6 Å². The molecule has 1 heterocycles. The molecule has 0 spiro atoms. The molecule has 6 heteroatoms. The molecule has 0 aliphatic rings. The van der Waals surface area contributed by atoms with Gasteiger partial charge in [0, 0.05) is 6.54 Å². The first-order valence-corrected chi connectivity index (χ1v) is 10.1. The maximum absolute atomic E-state index is 13.4. The summed E-state index contributed by atoms with van der Waals surface area (Å²) in [5.41, 5.74) is 3.98. The molecule has 1 aromatic heterocycles. The van der Waals surface area contributed by atoms with E-state index >= 15 is 0 Å². The van der Waals surface area contributed by atoms with Crippen molar-refractivity contribution in [1.29, 1.82) is 0 Å². The maximum Gasteiger partial charge on any atom is 0.249 e. The Balaban J connectivity index is 1.57. The second kappa shape index (κ2) is 9.20. The van der Waals surface area contributed by atoms with Crippen molar-refractivity contribution >= 4 is 11.6 Å². The van der Waals surface area contributed by atoms with Crippen LogP contribution in [0.2, 0.25) is 5.02 Å². The zero-order valence-corrected chi connectivity index (χ0v) is 17.2. The Morgan fingerprint density at radius 3 is 2.43 bits per heavy atom. The minimum absolute atomic E-state index is 0.292. The third-order valence-corrected chi connectivity index (χ3v) is 5.21. The highest BCUT2D eigenvalue weighted by atomic mass is 35.5. The van der Waals surface area contributed by atoms with Crippen molar-refractivity contribution in [3.63, 3.8) is 0 Å². The third-order valence-electron chi connectivity index (χ3n) is 4.88. The average molecular weight is 422 g/mol. The standard InChI is InChI=1S/C24H21ClFN3O/c1-16-6-8-17(9-7-16)14-15-27-22(18-10-12-19(26)13-11-18)24-29-28-23(30-24)20-4-2-3-5-21(20)25/h2-13,22,27H,14-15H2,1H3/t22-/m1/s1. The Morgan fingerprint density at radius 2 is 1.70 bits per heavy atom. The number of rotatable bonds is 7. The lowest BCUT2D eigenvalue weighted by Crippen LogP contribution is -2.25. The first-order valence-electron chi connectivity index (χ1n) is 9.73. The van der Waals surface area contributed by atoms with Gasteiger partial charge in [-0.15, -0.1) is 10.2 Å². The van der Waals surface area contributed by atoms with Crippen molar-refractivity contribution in [2.24, 2.45) is 0 Å². The summed E-state index contributed by atoms with van der Waals surface area (Å²) < 4.78 is 19.4. The lowest BCUT2D eigenvalue weighted by Gasteiger charge is -2.16. The van der Waals surface area contributed by atoms with Gasteiger partial charge in [0.25, 0.3) is 0 Å².